The van der Waals surface area contributed by atoms with Crippen LogP contribution in [0.3, 0.4) is 0 Å². The summed E-state index contributed by atoms with van der Waals surface area (Å²) in [5, 5.41) is 0.732. The average Bonchev–Trinajstić information content (AvgIpc) is 2.67. The Kier molecular flexibility index (Phi) is 3.89. The molecule has 2 aromatic rings. The van der Waals surface area contributed by atoms with Gasteiger partial charge in [0.25, 0.3) is 0 Å². The Balaban J connectivity index is 2.76. The number of halogens is 3. The molecule has 1 aromatic carbocycles. The molecule has 1 aromatic heterocycles. The van der Waals surface area contributed by atoms with Gasteiger partial charge in [-0.25, -0.2) is 0 Å². The third kappa shape index (κ3) is 2.85. The standard InChI is InChI=1S/C16H20F3S/c1-5-6-11-7-8-12-10-14(15(2,3)4)20(13(12)9-11)16(17,18)19/h7-10H,5-6H2,1-4H3/q+1. The number of fused-ring (bicyclic) bond motifs is 1. The maximum Gasteiger partial charge on any atom is 0.600 e. The molecule has 0 radical (unpaired) electrons. The highest BCUT2D eigenvalue weighted by molar-refractivity contribution is 7.38. The minimum absolute atomic E-state index is 0.452. The molecule has 2 rings (SSSR count). The molecule has 0 saturated carbocycles. The van der Waals surface area contributed by atoms with E-state index in [0.717, 1.165) is 23.8 Å². The van der Waals surface area contributed by atoms with Gasteiger partial charge in [-0.15, -0.1) is 13.2 Å². The summed E-state index contributed by atoms with van der Waals surface area (Å²) in [4.78, 5) is 0.494. The Morgan fingerprint density at radius 1 is 1.05 bits per heavy atom. The second-order valence-corrected chi connectivity index (χ2v) is 8.09. The van der Waals surface area contributed by atoms with Crippen molar-refractivity contribution in [2.45, 2.75) is 51.5 Å². The van der Waals surface area contributed by atoms with Gasteiger partial charge in [0, 0.05) is 22.9 Å². The summed E-state index contributed by atoms with van der Waals surface area (Å²) in [6, 6.07) is 7.28. The Morgan fingerprint density at radius 3 is 2.20 bits per heavy atom. The molecule has 4 heteroatoms. The molecule has 0 aliphatic rings. The van der Waals surface area contributed by atoms with Crippen molar-refractivity contribution in [2.75, 3.05) is 0 Å². The predicted molar refractivity (Wildman–Crippen MR) is 80.4 cm³/mol. The van der Waals surface area contributed by atoms with Crippen molar-refractivity contribution in [3.05, 3.63) is 34.7 Å². The molecule has 0 amide bonds. The highest BCUT2D eigenvalue weighted by atomic mass is 32.2. The predicted octanol–water partition coefficient (Wildman–Crippen LogP) is 6.32. The zero-order valence-corrected chi connectivity index (χ0v) is 13.1. The third-order valence-corrected chi connectivity index (χ3v) is 5.74. The molecule has 0 saturated heterocycles. The second kappa shape index (κ2) is 5.06. The number of alkyl halides is 3. The molecule has 1 atom stereocenters. The van der Waals surface area contributed by atoms with Crippen LogP contribution in [0.5, 0.6) is 0 Å². The van der Waals surface area contributed by atoms with Crippen molar-refractivity contribution in [3.8, 4) is 0 Å². The Bertz CT molecular complexity index is 615. The van der Waals surface area contributed by atoms with E-state index in [9.17, 15) is 13.2 Å². The Morgan fingerprint density at radius 2 is 1.70 bits per heavy atom. The summed E-state index contributed by atoms with van der Waals surface area (Å²) in [5.41, 5.74) is -3.67. The van der Waals surface area contributed by atoms with Crippen molar-refractivity contribution in [1.29, 1.82) is 0 Å². The van der Waals surface area contributed by atoms with E-state index < -0.39 is 21.4 Å². The van der Waals surface area contributed by atoms with Crippen molar-refractivity contribution in [2.24, 2.45) is 0 Å². The first-order chi connectivity index (χ1) is 9.14. The average molecular weight is 301 g/mol. The summed E-state index contributed by atoms with van der Waals surface area (Å²) in [5.74, 6) is 0. The van der Waals surface area contributed by atoms with E-state index in [-0.39, 0.29) is 0 Å². The van der Waals surface area contributed by atoms with Crippen LogP contribution in [0.4, 0.5) is 13.2 Å². The zero-order valence-electron chi connectivity index (χ0n) is 12.3. The van der Waals surface area contributed by atoms with E-state index in [1.54, 1.807) is 12.1 Å². The van der Waals surface area contributed by atoms with Gasteiger partial charge in [0.15, 0.2) is 9.58 Å². The molecule has 0 spiro atoms. The lowest BCUT2D eigenvalue weighted by molar-refractivity contribution is -0.0869. The lowest BCUT2D eigenvalue weighted by atomic mass is 9.94. The van der Waals surface area contributed by atoms with E-state index >= 15 is 0 Å². The summed E-state index contributed by atoms with van der Waals surface area (Å²) in [7, 11) is -1.78. The molecule has 20 heavy (non-hydrogen) atoms. The minimum Gasteiger partial charge on any atom is -0.118 e. The molecule has 0 aliphatic heterocycles. The first-order valence-electron chi connectivity index (χ1n) is 6.81. The SMILES string of the molecule is CCCc1ccc2cc(C(C)(C)C)[s+](C(F)(F)F)c2c1. The second-order valence-electron chi connectivity index (χ2n) is 6.13. The fraction of sp³-hybridized carbons (Fsp3) is 0.500. The Hall–Kier alpha value is -1.03. The summed E-state index contributed by atoms with van der Waals surface area (Å²) in [6.07, 6.45) is 1.77. The van der Waals surface area contributed by atoms with Crippen LogP contribution in [-0.4, -0.2) is 0 Å². The van der Waals surface area contributed by atoms with Gasteiger partial charge in [-0.2, -0.15) is 0 Å². The highest BCUT2D eigenvalue weighted by Gasteiger charge is 2.50. The van der Waals surface area contributed by atoms with Crippen molar-refractivity contribution < 1.29 is 13.2 Å². The van der Waals surface area contributed by atoms with Gasteiger partial charge in [-0.3, -0.25) is 0 Å². The van der Waals surface area contributed by atoms with Crippen molar-refractivity contribution >= 4 is 20.6 Å². The number of aryl methyl sites for hydroxylation is 1. The number of hydrogen-bond acceptors (Lipinski definition) is 0. The summed E-state index contributed by atoms with van der Waals surface area (Å²) < 4.78 is 41.0. The summed E-state index contributed by atoms with van der Waals surface area (Å²) >= 11 is 0. The fourth-order valence-corrected chi connectivity index (χ4v) is 4.63. The van der Waals surface area contributed by atoms with Crippen LogP contribution in [0.15, 0.2) is 24.3 Å². The normalized spacial score (nSPS) is 14.1. The van der Waals surface area contributed by atoms with Gasteiger partial charge in [0.1, 0.15) is 0 Å². The van der Waals surface area contributed by atoms with E-state index in [1.165, 1.54) is 0 Å². The fourth-order valence-electron chi connectivity index (χ4n) is 2.41. The quantitative estimate of drug-likeness (QED) is 0.570. The first-order valence-corrected chi connectivity index (χ1v) is 8.03. The molecule has 110 valence electrons. The van der Waals surface area contributed by atoms with Crippen LogP contribution in [-0.2, 0) is 17.3 Å². The number of rotatable bonds is 2. The van der Waals surface area contributed by atoms with Gasteiger partial charge < -0.3 is 0 Å². The van der Waals surface area contributed by atoms with E-state index in [1.807, 2.05) is 39.8 Å². The molecular formula is C16H20F3S+. The van der Waals surface area contributed by atoms with Crippen LogP contribution in [0.25, 0.3) is 10.1 Å². The summed E-state index contributed by atoms with van der Waals surface area (Å²) in [6.45, 7) is 7.59. The highest BCUT2D eigenvalue weighted by Crippen LogP contribution is 2.54. The molecule has 0 fully saturated rings. The molecule has 0 bridgehead atoms. The van der Waals surface area contributed by atoms with Crippen molar-refractivity contribution in [1.82, 2.24) is 0 Å². The zero-order chi connectivity index (χ0) is 15.1. The van der Waals surface area contributed by atoms with Gasteiger partial charge in [-0.05, 0) is 18.1 Å². The maximum absolute atomic E-state index is 13.5. The van der Waals surface area contributed by atoms with Crippen LogP contribution in [0.1, 0.15) is 44.6 Å². The topological polar surface area (TPSA) is 0 Å². The largest absolute Gasteiger partial charge is 0.600 e. The smallest absolute Gasteiger partial charge is 0.118 e. The first kappa shape index (κ1) is 15.4. The van der Waals surface area contributed by atoms with Crippen molar-refractivity contribution in [3.63, 3.8) is 0 Å². The molecular weight excluding hydrogens is 281 g/mol. The monoisotopic (exact) mass is 301 g/mol. The third-order valence-electron chi connectivity index (χ3n) is 3.31. The number of thiophene rings is 1. The Labute approximate surface area is 120 Å². The van der Waals surface area contributed by atoms with Gasteiger partial charge >= 0.3 is 5.51 Å². The molecule has 1 heterocycles. The van der Waals surface area contributed by atoms with Crippen LogP contribution in [0, 0.1) is 0 Å². The molecule has 0 aliphatic carbocycles. The van der Waals surface area contributed by atoms with Crippen LogP contribution in [0.2, 0.25) is 0 Å². The lowest BCUT2D eigenvalue weighted by Crippen LogP contribution is -2.12. The van der Waals surface area contributed by atoms with Gasteiger partial charge in [0.2, 0.25) is 0 Å². The van der Waals surface area contributed by atoms with E-state index in [2.05, 4.69) is 0 Å². The van der Waals surface area contributed by atoms with Crippen LogP contribution < -0.4 is 0 Å². The minimum atomic E-state index is -4.20. The lowest BCUT2D eigenvalue weighted by Gasteiger charge is -2.13. The van der Waals surface area contributed by atoms with E-state index in [4.69, 9.17) is 0 Å². The molecule has 0 nitrogen and oxygen atoms in total. The molecule has 1 unspecified atom stereocenters. The number of hydrogen-bond donors (Lipinski definition) is 0. The number of benzene rings is 1. The van der Waals surface area contributed by atoms with Crippen LogP contribution >= 0.6 is 10.5 Å². The molecule has 0 N–H and O–H groups in total. The van der Waals surface area contributed by atoms with Gasteiger partial charge in [0.05, 0.1) is 10.5 Å². The maximum atomic E-state index is 13.5. The van der Waals surface area contributed by atoms with Gasteiger partial charge in [-0.1, -0.05) is 40.2 Å². The van der Waals surface area contributed by atoms with E-state index in [0.29, 0.717) is 9.58 Å².